The van der Waals surface area contributed by atoms with Crippen molar-refractivity contribution < 1.29 is 4.79 Å². The van der Waals surface area contributed by atoms with Gasteiger partial charge in [-0.1, -0.05) is 6.07 Å². The first-order chi connectivity index (χ1) is 14.5. The van der Waals surface area contributed by atoms with Gasteiger partial charge in [-0.3, -0.25) is 4.79 Å². The molecular weight excluding hydrogens is 378 g/mol. The Kier molecular flexibility index (Phi) is 5.81. The summed E-state index contributed by atoms with van der Waals surface area (Å²) in [6.45, 7) is 8.61. The summed E-state index contributed by atoms with van der Waals surface area (Å²) in [5, 5.41) is 9.07. The SMILES string of the molecule is Cc1cc(N2CCN(C)CC2)nc(N2CCN(C(=O)c3cccc(C#N)c3)CC2)n1. The third-order valence-corrected chi connectivity index (χ3v) is 5.74. The highest BCUT2D eigenvalue weighted by atomic mass is 16.2. The van der Waals surface area contributed by atoms with Gasteiger partial charge in [-0.25, -0.2) is 4.98 Å². The maximum Gasteiger partial charge on any atom is 0.254 e. The molecule has 2 aliphatic heterocycles. The molecule has 2 aliphatic rings. The van der Waals surface area contributed by atoms with Crippen LogP contribution in [0, 0.1) is 18.3 Å². The van der Waals surface area contributed by atoms with Crippen LogP contribution >= 0.6 is 0 Å². The second-order valence-corrected chi connectivity index (χ2v) is 7.93. The second-order valence-electron chi connectivity index (χ2n) is 7.93. The van der Waals surface area contributed by atoms with Crippen molar-refractivity contribution >= 4 is 17.7 Å². The number of hydrogen-bond donors (Lipinski definition) is 0. The summed E-state index contributed by atoms with van der Waals surface area (Å²) in [6, 6.07) is 11.0. The lowest BCUT2D eigenvalue weighted by atomic mass is 10.1. The highest BCUT2D eigenvalue weighted by Gasteiger charge is 2.25. The van der Waals surface area contributed by atoms with Gasteiger partial charge in [-0.05, 0) is 32.2 Å². The molecule has 0 saturated carbocycles. The lowest BCUT2D eigenvalue weighted by Gasteiger charge is -2.36. The normalized spacial score (nSPS) is 17.7. The van der Waals surface area contributed by atoms with Crippen LogP contribution in [0.15, 0.2) is 30.3 Å². The van der Waals surface area contributed by atoms with E-state index in [9.17, 15) is 4.79 Å². The van der Waals surface area contributed by atoms with Gasteiger partial charge in [0, 0.05) is 69.7 Å². The van der Waals surface area contributed by atoms with Crippen molar-refractivity contribution in [3.8, 4) is 6.07 Å². The predicted molar refractivity (Wildman–Crippen MR) is 116 cm³/mol. The predicted octanol–water partition coefficient (Wildman–Crippen LogP) is 1.37. The Bertz CT molecular complexity index is 954. The highest BCUT2D eigenvalue weighted by molar-refractivity contribution is 5.94. The van der Waals surface area contributed by atoms with Gasteiger partial charge in [-0.15, -0.1) is 0 Å². The Labute approximate surface area is 177 Å². The topological polar surface area (TPSA) is 79.6 Å². The first-order valence-corrected chi connectivity index (χ1v) is 10.4. The van der Waals surface area contributed by atoms with E-state index < -0.39 is 0 Å². The van der Waals surface area contributed by atoms with Gasteiger partial charge in [0.15, 0.2) is 0 Å². The fourth-order valence-corrected chi connectivity index (χ4v) is 3.89. The van der Waals surface area contributed by atoms with Crippen LogP contribution in [0.5, 0.6) is 0 Å². The minimum Gasteiger partial charge on any atom is -0.354 e. The van der Waals surface area contributed by atoms with Crippen LogP contribution in [0.2, 0.25) is 0 Å². The monoisotopic (exact) mass is 405 g/mol. The summed E-state index contributed by atoms with van der Waals surface area (Å²) >= 11 is 0. The average molecular weight is 406 g/mol. The molecule has 2 aromatic rings. The number of amides is 1. The van der Waals surface area contributed by atoms with E-state index in [4.69, 9.17) is 10.2 Å². The van der Waals surface area contributed by atoms with Crippen LogP contribution in [0.1, 0.15) is 21.6 Å². The number of likely N-dealkylation sites (N-methyl/N-ethyl adjacent to an activating group) is 1. The van der Waals surface area contributed by atoms with Gasteiger partial charge in [-0.2, -0.15) is 10.2 Å². The molecule has 0 bridgehead atoms. The lowest BCUT2D eigenvalue weighted by Crippen LogP contribution is -2.49. The van der Waals surface area contributed by atoms with E-state index in [0.717, 1.165) is 43.6 Å². The zero-order chi connectivity index (χ0) is 21.1. The van der Waals surface area contributed by atoms with Crippen molar-refractivity contribution in [1.29, 1.82) is 5.26 Å². The van der Waals surface area contributed by atoms with E-state index >= 15 is 0 Å². The zero-order valence-electron chi connectivity index (χ0n) is 17.6. The average Bonchev–Trinajstić information content (AvgIpc) is 2.79. The summed E-state index contributed by atoms with van der Waals surface area (Å²) in [7, 11) is 2.14. The first kappa shape index (κ1) is 20.1. The number of nitrogens with zero attached hydrogens (tertiary/aromatic N) is 7. The molecule has 30 heavy (non-hydrogen) atoms. The zero-order valence-corrected chi connectivity index (χ0v) is 17.6. The van der Waals surface area contributed by atoms with Crippen molar-refractivity contribution in [2.24, 2.45) is 0 Å². The minimum atomic E-state index is -0.0324. The molecule has 2 saturated heterocycles. The Morgan fingerprint density at radius 3 is 2.37 bits per heavy atom. The van der Waals surface area contributed by atoms with Gasteiger partial charge in [0.25, 0.3) is 5.91 Å². The van der Waals surface area contributed by atoms with Crippen LogP contribution in [0.25, 0.3) is 0 Å². The molecule has 8 nitrogen and oxygen atoms in total. The van der Waals surface area contributed by atoms with E-state index in [1.165, 1.54) is 0 Å². The van der Waals surface area contributed by atoms with E-state index in [1.54, 1.807) is 24.3 Å². The van der Waals surface area contributed by atoms with Crippen LogP contribution < -0.4 is 9.80 Å². The maximum atomic E-state index is 12.8. The molecule has 8 heteroatoms. The summed E-state index contributed by atoms with van der Waals surface area (Å²) in [5.74, 6) is 1.69. The van der Waals surface area contributed by atoms with Crippen molar-refractivity contribution in [3.05, 3.63) is 47.2 Å². The Balaban J connectivity index is 1.42. The number of carbonyl (C=O) groups excluding carboxylic acids is 1. The molecular formula is C22H27N7O. The molecule has 1 amide bonds. The number of carbonyl (C=O) groups is 1. The van der Waals surface area contributed by atoms with Gasteiger partial charge in [0.2, 0.25) is 5.95 Å². The van der Waals surface area contributed by atoms with Gasteiger partial charge in [0.05, 0.1) is 11.6 Å². The number of piperazine rings is 2. The molecule has 156 valence electrons. The highest BCUT2D eigenvalue weighted by Crippen LogP contribution is 2.20. The molecule has 4 rings (SSSR count). The number of hydrogen-bond acceptors (Lipinski definition) is 7. The molecule has 1 aromatic carbocycles. The van der Waals surface area contributed by atoms with Crippen LogP contribution in [0.3, 0.4) is 0 Å². The summed E-state index contributed by atoms with van der Waals surface area (Å²) in [5.41, 5.74) is 2.02. The molecule has 0 aliphatic carbocycles. The van der Waals surface area contributed by atoms with Gasteiger partial charge in [0.1, 0.15) is 5.82 Å². The van der Waals surface area contributed by atoms with Crippen molar-refractivity contribution in [2.75, 3.05) is 69.2 Å². The molecule has 0 atom stereocenters. The number of nitriles is 1. The second kappa shape index (κ2) is 8.67. The number of rotatable bonds is 3. The minimum absolute atomic E-state index is 0.0324. The van der Waals surface area contributed by atoms with Crippen LogP contribution in [-0.4, -0.2) is 85.1 Å². The Morgan fingerprint density at radius 1 is 0.967 bits per heavy atom. The maximum absolute atomic E-state index is 12.8. The summed E-state index contributed by atoms with van der Waals surface area (Å²) < 4.78 is 0. The smallest absolute Gasteiger partial charge is 0.254 e. The molecule has 1 aromatic heterocycles. The van der Waals surface area contributed by atoms with Crippen molar-refractivity contribution in [3.63, 3.8) is 0 Å². The fourth-order valence-electron chi connectivity index (χ4n) is 3.89. The van der Waals surface area contributed by atoms with Gasteiger partial charge < -0.3 is 19.6 Å². The molecule has 0 radical (unpaired) electrons. The summed E-state index contributed by atoms with van der Waals surface area (Å²) in [4.78, 5) is 30.9. The molecule has 0 N–H and O–H groups in total. The van der Waals surface area contributed by atoms with Crippen LogP contribution in [-0.2, 0) is 0 Å². The van der Waals surface area contributed by atoms with Crippen molar-refractivity contribution in [1.82, 2.24) is 19.8 Å². The Morgan fingerprint density at radius 2 is 1.67 bits per heavy atom. The molecule has 2 fully saturated rings. The van der Waals surface area contributed by atoms with E-state index in [-0.39, 0.29) is 5.91 Å². The number of anilines is 2. The third kappa shape index (κ3) is 4.36. The molecule has 3 heterocycles. The fraction of sp³-hybridized carbons (Fsp3) is 0.455. The van der Waals surface area contributed by atoms with E-state index in [0.29, 0.717) is 37.3 Å². The largest absolute Gasteiger partial charge is 0.354 e. The molecule has 0 spiro atoms. The lowest BCUT2D eigenvalue weighted by molar-refractivity contribution is 0.0746. The summed E-state index contributed by atoms with van der Waals surface area (Å²) in [6.07, 6.45) is 0. The Hall–Kier alpha value is -3.18. The van der Waals surface area contributed by atoms with E-state index in [1.807, 2.05) is 11.8 Å². The number of benzene rings is 1. The quantitative estimate of drug-likeness (QED) is 0.763. The third-order valence-electron chi connectivity index (χ3n) is 5.74. The van der Waals surface area contributed by atoms with E-state index in [2.05, 4.69) is 38.9 Å². The first-order valence-electron chi connectivity index (χ1n) is 10.4. The number of aryl methyl sites for hydroxylation is 1. The van der Waals surface area contributed by atoms with Crippen LogP contribution in [0.4, 0.5) is 11.8 Å². The molecule has 0 unspecified atom stereocenters. The number of aromatic nitrogens is 2. The van der Waals surface area contributed by atoms with Gasteiger partial charge >= 0.3 is 0 Å². The van der Waals surface area contributed by atoms with Crippen molar-refractivity contribution in [2.45, 2.75) is 6.92 Å². The standard InChI is InChI=1S/C22H27N7O/c1-17-14-20(27-8-6-26(2)7-9-27)25-22(24-17)29-12-10-28(11-13-29)21(30)19-5-3-4-18(15-19)16-23/h3-5,14-15H,6-13H2,1-2H3.